The van der Waals surface area contributed by atoms with E-state index in [1.165, 1.54) is 19.3 Å². The van der Waals surface area contributed by atoms with Crippen molar-refractivity contribution in [2.45, 2.75) is 13.8 Å². The first kappa shape index (κ1) is 19.4. The summed E-state index contributed by atoms with van der Waals surface area (Å²) in [6.45, 7) is 0.779. The fourth-order valence-corrected chi connectivity index (χ4v) is 2.93. The molecule has 3 rings (SSSR count). The maximum atomic E-state index is 13.3. The summed E-state index contributed by atoms with van der Waals surface area (Å²) in [6, 6.07) is 6.34. The summed E-state index contributed by atoms with van der Waals surface area (Å²) in [4.78, 5) is 36.9. The number of nitrogens with one attached hydrogen (secondary N) is 3. The molecule has 3 N–H and O–H groups in total. The normalized spacial score (nSPS) is 11.9. The van der Waals surface area contributed by atoms with E-state index in [1.807, 2.05) is 5.32 Å². The molecule has 0 atom stereocenters. The van der Waals surface area contributed by atoms with Crippen LogP contribution < -0.4 is 20.7 Å². The van der Waals surface area contributed by atoms with Crippen molar-refractivity contribution in [2.24, 2.45) is 0 Å². The predicted octanol–water partition coefficient (Wildman–Crippen LogP) is 3.69. The first-order chi connectivity index (χ1) is 17.0. The summed E-state index contributed by atoms with van der Waals surface area (Å²) in [7, 11) is 1.41. The highest BCUT2D eigenvalue weighted by atomic mass is 19.1. The number of allylic oxidation sites excluding steroid dienone is 1. The fourth-order valence-electron chi connectivity index (χ4n) is 2.93. The number of ether oxygens (including phenoxy) is 1. The molecule has 10 heteroatoms. The summed E-state index contributed by atoms with van der Waals surface area (Å²) in [5, 5.41) is 7.53. The number of hydrogen-bond acceptors (Lipinski definition) is 7. The highest BCUT2D eigenvalue weighted by molar-refractivity contribution is 6.02. The molecule has 2 heterocycles. The molecule has 0 spiro atoms. The van der Waals surface area contributed by atoms with Gasteiger partial charge < -0.3 is 20.7 Å². The molecule has 9 nitrogen and oxygen atoms in total. The van der Waals surface area contributed by atoms with Gasteiger partial charge in [0.2, 0.25) is 5.91 Å². The number of aromatic nitrogens is 3. The maximum Gasteiger partial charge on any atom is 0.254 e. The Kier molecular flexibility index (Phi) is 6.05. The van der Waals surface area contributed by atoms with Gasteiger partial charge in [-0.25, -0.2) is 19.3 Å². The molecule has 2 aromatic heterocycles. The Hall–Kier alpha value is -4.34. The number of halogens is 1. The zero-order chi connectivity index (χ0) is 26.5. The van der Waals surface area contributed by atoms with Crippen molar-refractivity contribution >= 4 is 29.0 Å². The minimum atomic E-state index is -2.73. The van der Waals surface area contributed by atoms with Crippen LogP contribution in [-0.2, 0) is 4.79 Å². The fraction of sp³-hybridized carbons (Fsp3) is 0.174. The number of benzene rings is 1. The first-order valence-corrected chi connectivity index (χ1v) is 9.67. The molecule has 0 unspecified atom stereocenters. The SMILES string of the molecule is [2H]C([2H])([2H])NC(=O)c1cnc(NC(=O)C=C(C)C)cc1Nc1cccc(-c2ncc(F)cn2)c1OC. The summed E-state index contributed by atoms with van der Waals surface area (Å²) < 4.78 is 40.9. The van der Waals surface area contributed by atoms with E-state index in [4.69, 9.17) is 8.85 Å². The van der Waals surface area contributed by atoms with Crippen molar-refractivity contribution in [1.29, 1.82) is 0 Å². The second-order valence-corrected chi connectivity index (χ2v) is 7.02. The van der Waals surface area contributed by atoms with Gasteiger partial charge in [0, 0.05) is 29.4 Å². The number of anilines is 3. The van der Waals surface area contributed by atoms with E-state index in [9.17, 15) is 14.0 Å². The summed E-state index contributed by atoms with van der Waals surface area (Å²) in [5.74, 6) is -1.36. The topological polar surface area (TPSA) is 118 Å². The second kappa shape index (κ2) is 10.3. The van der Waals surface area contributed by atoms with Gasteiger partial charge in [-0.1, -0.05) is 11.6 Å². The van der Waals surface area contributed by atoms with Gasteiger partial charge in [-0.3, -0.25) is 9.59 Å². The van der Waals surface area contributed by atoms with Crippen LogP contribution in [0.4, 0.5) is 21.6 Å². The van der Waals surface area contributed by atoms with Crippen molar-refractivity contribution in [3.8, 4) is 17.1 Å². The first-order valence-electron chi connectivity index (χ1n) is 11.2. The smallest absolute Gasteiger partial charge is 0.254 e. The van der Waals surface area contributed by atoms with Crippen LogP contribution in [0, 0.1) is 5.82 Å². The van der Waals surface area contributed by atoms with Gasteiger partial charge in [0.1, 0.15) is 5.82 Å². The molecule has 2 amide bonds. The van der Waals surface area contributed by atoms with Crippen LogP contribution in [0.3, 0.4) is 0 Å². The molecule has 0 aliphatic heterocycles. The Morgan fingerprint density at radius 2 is 1.88 bits per heavy atom. The quantitative estimate of drug-likeness (QED) is 0.467. The summed E-state index contributed by atoms with van der Waals surface area (Å²) in [6.07, 6.45) is 4.55. The average molecular weight is 453 g/mol. The van der Waals surface area contributed by atoms with Crippen molar-refractivity contribution in [3.63, 3.8) is 0 Å². The number of hydrogen-bond donors (Lipinski definition) is 3. The molecule has 0 saturated heterocycles. The van der Waals surface area contributed by atoms with Gasteiger partial charge >= 0.3 is 0 Å². The van der Waals surface area contributed by atoms with E-state index < -0.39 is 24.6 Å². The molecule has 0 fully saturated rings. The number of amides is 2. The zero-order valence-electron chi connectivity index (χ0n) is 21.1. The number of carbonyl (C=O) groups is 2. The molecule has 0 bridgehead atoms. The van der Waals surface area contributed by atoms with Gasteiger partial charge in [0.25, 0.3) is 5.91 Å². The van der Waals surface area contributed by atoms with E-state index in [-0.39, 0.29) is 28.6 Å². The number of para-hydroxylation sites is 1. The molecule has 0 saturated carbocycles. The van der Waals surface area contributed by atoms with Crippen LogP contribution in [-0.4, -0.2) is 40.9 Å². The molecule has 0 aliphatic carbocycles. The average Bonchev–Trinajstić information content (AvgIpc) is 2.78. The second-order valence-electron chi connectivity index (χ2n) is 7.02. The number of pyridine rings is 1. The van der Waals surface area contributed by atoms with Crippen molar-refractivity contribution in [1.82, 2.24) is 20.3 Å². The third kappa shape index (κ3) is 5.67. The van der Waals surface area contributed by atoms with Crippen LogP contribution in [0.1, 0.15) is 28.3 Å². The van der Waals surface area contributed by atoms with E-state index >= 15 is 0 Å². The van der Waals surface area contributed by atoms with E-state index in [2.05, 4.69) is 25.6 Å². The lowest BCUT2D eigenvalue weighted by atomic mass is 10.1. The minimum absolute atomic E-state index is 0.100. The molecule has 3 aromatic rings. The monoisotopic (exact) mass is 453 g/mol. The Morgan fingerprint density at radius 1 is 1.12 bits per heavy atom. The Balaban J connectivity index is 2.06. The number of methoxy groups -OCH3 is 1. The minimum Gasteiger partial charge on any atom is -0.494 e. The Bertz CT molecular complexity index is 1310. The Labute approximate surface area is 194 Å². The van der Waals surface area contributed by atoms with Crippen molar-refractivity contribution < 1.29 is 22.8 Å². The number of carbonyl (C=O) groups excluding carboxylic acids is 2. The number of nitrogens with zero attached hydrogens (tertiary/aromatic N) is 3. The van der Waals surface area contributed by atoms with Crippen LogP contribution in [0.2, 0.25) is 0 Å². The van der Waals surface area contributed by atoms with Crippen molar-refractivity contribution in [2.75, 3.05) is 24.7 Å². The lowest BCUT2D eigenvalue weighted by Crippen LogP contribution is -2.20. The van der Waals surface area contributed by atoms with Gasteiger partial charge in [0.05, 0.1) is 42.0 Å². The summed E-state index contributed by atoms with van der Waals surface area (Å²) >= 11 is 0. The third-order valence-electron chi connectivity index (χ3n) is 4.28. The molecule has 0 aliphatic rings. The largest absolute Gasteiger partial charge is 0.494 e. The molecule has 0 radical (unpaired) electrons. The van der Waals surface area contributed by atoms with Crippen LogP contribution in [0.5, 0.6) is 5.75 Å². The molecule has 33 heavy (non-hydrogen) atoms. The number of rotatable bonds is 7. The van der Waals surface area contributed by atoms with Gasteiger partial charge in [0.15, 0.2) is 17.4 Å². The molecular weight excluding hydrogens is 427 g/mol. The molecule has 1 aromatic carbocycles. The summed E-state index contributed by atoms with van der Waals surface area (Å²) in [5.41, 5.74) is 1.59. The van der Waals surface area contributed by atoms with Crippen LogP contribution >= 0.6 is 0 Å². The highest BCUT2D eigenvalue weighted by Crippen LogP contribution is 2.37. The van der Waals surface area contributed by atoms with Crippen LogP contribution in [0.15, 0.2) is 54.5 Å². The van der Waals surface area contributed by atoms with Gasteiger partial charge in [-0.2, -0.15) is 0 Å². The highest BCUT2D eigenvalue weighted by Gasteiger charge is 2.17. The van der Waals surface area contributed by atoms with E-state index in [0.29, 0.717) is 11.3 Å². The zero-order valence-corrected chi connectivity index (χ0v) is 18.1. The molecule has 170 valence electrons. The van der Waals surface area contributed by atoms with E-state index in [0.717, 1.165) is 24.2 Å². The lowest BCUT2D eigenvalue weighted by molar-refractivity contribution is -0.112. The van der Waals surface area contributed by atoms with Gasteiger partial charge in [-0.05, 0) is 26.0 Å². The lowest BCUT2D eigenvalue weighted by Gasteiger charge is -2.17. The predicted molar refractivity (Wildman–Crippen MR) is 123 cm³/mol. The standard InChI is InChI=1S/C23H23FN6O3/c1-13(2)8-20(31)30-19-9-18(16(12-26-19)23(32)25-3)29-17-7-5-6-15(21(17)33-4)22-27-10-14(24)11-28-22/h5-12H,1-4H3,(H,25,32)(H2,26,29,30,31)/i3D3. The van der Waals surface area contributed by atoms with Gasteiger partial charge in [-0.15, -0.1) is 0 Å². The van der Waals surface area contributed by atoms with Crippen molar-refractivity contribution in [3.05, 3.63) is 65.9 Å². The Morgan fingerprint density at radius 3 is 2.55 bits per heavy atom. The molecular formula is C23H23FN6O3. The third-order valence-corrected chi connectivity index (χ3v) is 4.28. The van der Waals surface area contributed by atoms with E-state index in [1.54, 1.807) is 32.0 Å². The maximum absolute atomic E-state index is 13.3. The van der Waals surface area contributed by atoms with Crippen LogP contribution in [0.25, 0.3) is 11.4 Å².